The van der Waals surface area contributed by atoms with Crippen molar-refractivity contribution in [2.75, 3.05) is 0 Å². The zero-order valence-corrected chi connectivity index (χ0v) is 17.1. The molecule has 1 aromatic heterocycles. The molecule has 30 heavy (non-hydrogen) atoms. The molecular formula is C27H19NOP+. The second-order valence-electron chi connectivity index (χ2n) is 7.21. The molecule has 4 aromatic carbocycles. The lowest BCUT2D eigenvalue weighted by Crippen LogP contribution is -2.18. The summed E-state index contributed by atoms with van der Waals surface area (Å²) in [4.78, 5) is 3.60. The molecule has 0 aliphatic carbocycles. The van der Waals surface area contributed by atoms with Crippen LogP contribution in [0.15, 0.2) is 109 Å². The molecule has 5 rings (SSSR count). The van der Waals surface area contributed by atoms with Gasteiger partial charge >= 0.3 is 0 Å². The second-order valence-corrected chi connectivity index (χ2v) is 7.87. The van der Waals surface area contributed by atoms with Gasteiger partial charge in [0.25, 0.3) is 0 Å². The largest absolute Gasteiger partial charge is 0.269 e. The Labute approximate surface area is 177 Å². The summed E-state index contributed by atoms with van der Waals surface area (Å²) in [5.74, 6) is 0. The summed E-state index contributed by atoms with van der Waals surface area (Å²) in [6.07, 6.45) is 0. The lowest BCUT2D eigenvalue weighted by Gasteiger charge is -2.09. The minimum absolute atomic E-state index is 0.00489. The normalized spacial score (nSPS) is 11.1. The van der Waals surface area contributed by atoms with Crippen LogP contribution in [-0.4, -0.2) is 0 Å². The standard InChI is InChI=1S/C27H18NOP/c29-30-25-18-23-16-22(19-10-4-1-5-11-19)17-24(20-12-6-2-7-13-20)26(23)28-27(25)21-14-8-3-9-15-21/h1-18H/p+1. The van der Waals surface area contributed by atoms with Crippen molar-refractivity contribution in [1.82, 2.24) is 0 Å². The van der Waals surface area contributed by atoms with E-state index < -0.39 is 0 Å². The van der Waals surface area contributed by atoms with Crippen LogP contribution in [0.5, 0.6) is 0 Å². The number of H-pyrrole nitrogens is 1. The van der Waals surface area contributed by atoms with Crippen LogP contribution < -0.4 is 10.3 Å². The predicted molar refractivity (Wildman–Crippen MR) is 124 cm³/mol. The molecule has 0 radical (unpaired) electrons. The zero-order valence-electron chi connectivity index (χ0n) is 16.2. The molecule has 0 atom stereocenters. The van der Waals surface area contributed by atoms with Crippen LogP contribution in [-0.2, 0) is 4.57 Å². The van der Waals surface area contributed by atoms with Gasteiger partial charge in [-0.3, -0.25) is 4.57 Å². The van der Waals surface area contributed by atoms with E-state index in [1.807, 2.05) is 60.7 Å². The van der Waals surface area contributed by atoms with E-state index in [4.69, 9.17) is 0 Å². The van der Waals surface area contributed by atoms with Gasteiger partial charge in [0, 0.05) is 10.9 Å². The van der Waals surface area contributed by atoms with Gasteiger partial charge in [-0.15, -0.1) is 0 Å². The van der Waals surface area contributed by atoms with E-state index in [1.54, 1.807) is 0 Å². The number of pyridine rings is 1. The van der Waals surface area contributed by atoms with Gasteiger partial charge in [-0.2, -0.15) is 0 Å². The van der Waals surface area contributed by atoms with E-state index in [9.17, 15) is 4.57 Å². The predicted octanol–water partition coefficient (Wildman–Crippen LogP) is 6.57. The average molecular weight is 404 g/mol. The van der Waals surface area contributed by atoms with Gasteiger partial charge in [-0.25, -0.2) is 4.98 Å². The number of fused-ring (bicyclic) bond motifs is 1. The average Bonchev–Trinajstić information content (AvgIpc) is 2.84. The first-order valence-corrected chi connectivity index (χ1v) is 10.7. The molecule has 0 unspecified atom stereocenters. The minimum atomic E-state index is -0.00489. The molecule has 5 aromatic rings. The minimum Gasteiger partial charge on any atom is -0.269 e. The lowest BCUT2D eigenvalue weighted by atomic mass is 9.95. The van der Waals surface area contributed by atoms with Crippen molar-refractivity contribution in [2.24, 2.45) is 0 Å². The van der Waals surface area contributed by atoms with Gasteiger partial charge in [-0.1, -0.05) is 78.9 Å². The smallest absolute Gasteiger partial charge is 0.226 e. The highest BCUT2D eigenvalue weighted by atomic mass is 31.1. The van der Waals surface area contributed by atoms with Gasteiger partial charge < -0.3 is 0 Å². The van der Waals surface area contributed by atoms with Gasteiger partial charge in [-0.05, 0) is 47.0 Å². The summed E-state index contributed by atoms with van der Waals surface area (Å²) in [5, 5.41) is 1.78. The Balaban J connectivity index is 1.84. The maximum atomic E-state index is 12.0. The van der Waals surface area contributed by atoms with Crippen molar-refractivity contribution < 1.29 is 9.55 Å². The molecule has 0 saturated heterocycles. The van der Waals surface area contributed by atoms with Crippen LogP contribution in [0.1, 0.15) is 0 Å². The van der Waals surface area contributed by atoms with E-state index >= 15 is 0 Å². The molecule has 0 fully saturated rings. The Bertz CT molecular complexity index is 1330. The highest BCUT2D eigenvalue weighted by Gasteiger charge is 2.20. The van der Waals surface area contributed by atoms with Crippen molar-refractivity contribution in [3.05, 3.63) is 109 Å². The Morgan fingerprint density at radius 3 is 1.73 bits per heavy atom. The molecule has 1 heterocycles. The molecule has 0 amide bonds. The van der Waals surface area contributed by atoms with E-state index in [-0.39, 0.29) is 8.46 Å². The second kappa shape index (κ2) is 8.02. The molecule has 0 aliphatic rings. The van der Waals surface area contributed by atoms with E-state index in [2.05, 4.69) is 53.5 Å². The quantitative estimate of drug-likeness (QED) is 0.312. The van der Waals surface area contributed by atoms with E-state index in [0.29, 0.717) is 0 Å². The van der Waals surface area contributed by atoms with Crippen molar-refractivity contribution in [3.8, 4) is 33.5 Å². The molecule has 1 N–H and O–H groups in total. The van der Waals surface area contributed by atoms with Crippen LogP contribution in [0.4, 0.5) is 0 Å². The van der Waals surface area contributed by atoms with Gasteiger partial charge in [0.05, 0.1) is 5.56 Å². The summed E-state index contributed by atoms with van der Waals surface area (Å²) in [7, 11) is -0.00489. The molecule has 2 nitrogen and oxygen atoms in total. The Morgan fingerprint density at radius 2 is 1.13 bits per heavy atom. The highest BCUT2D eigenvalue weighted by Crippen LogP contribution is 2.33. The number of aromatic amines is 1. The third-order valence-corrected chi connectivity index (χ3v) is 5.87. The zero-order chi connectivity index (χ0) is 20.3. The first-order valence-electron chi connectivity index (χ1n) is 9.87. The molecule has 0 bridgehead atoms. The van der Waals surface area contributed by atoms with Crippen molar-refractivity contribution in [2.45, 2.75) is 0 Å². The van der Waals surface area contributed by atoms with Gasteiger partial charge in [0.1, 0.15) is 5.30 Å². The summed E-state index contributed by atoms with van der Waals surface area (Å²) < 4.78 is 12.0. The topological polar surface area (TPSA) is 31.2 Å². The highest BCUT2D eigenvalue weighted by molar-refractivity contribution is 7.34. The van der Waals surface area contributed by atoms with E-state index in [1.165, 1.54) is 0 Å². The van der Waals surface area contributed by atoms with Crippen LogP contribution >= 0.6 is 8.46 Å². The van der Waals surface area contributed by atoms with Gasteiger partial charge in [0.15, 0.2) is 8.46 Å². The first kappa shape index (κ1) is 18.4. The summed E-state index contributed by atoms with van der Waals surface area (Å²) in [6.45, 7) is 0. The maximum Gasteiger partial charge on any atom is 0.226 e. The fraction of sp³-hybridized carbons (Fsp3) is 0. The van der Waals surface area contributed by atoms with E-state index in [0.717, 1.165) is 49.7 Å². The fourth-order valence-corrected chi connectivity index (χ4v) is 4.33. The number of rotatable bonds is 4. The Hall–Kier alpha value is -3.61. The Kier molecular flexibility index (Phi) is 4.93. The first-order chi connectivity index (χ1) is 14.8. The molecular weight excluding hydrogens is 385 g/mol. The third kappa shape index (κ3) is 3.43. The molecule has 0 aliphatic heterocycles. The van der Waals surface area contributed by atoms with Crippen molar-refractivity contribution >= 4 is 24.7 Å². The summed E-state index contributed by atoms with van der Waals surface area (Å²) in [6, 6.07) is 37.2. The van der Waals surface area contributed by atoms with Crippen LogP contribution in [0.3, 0.4) is 0 Å². The van der Waals surface area contributed by atoms with Crippen LogP contribution in [0.2, 0.25) is 0 Å². The number of nitrogens with one attached hydrogen (secondary N) is 1. The monoisotopic (exact) mass is 404 g/mol. The Morgan fingerprint density at radius 1 is 0.567 bits per heavy atom. The number of hydrogen-bond donors (Lipinski definition) is 0. The molecule has 0 saturated carbocycles. The van der Waals surface area contributed by atoms with Gasteiger partial charge in [0.2, 0.25) is 11.2 Å². The molecule has 0 spiro atoms. The molecule has 142 valence electrons. The van der Waals surface area contributed by atoms with Crippen LogP contribution in [0, 0.1) is 0 Å². The summed E-state index contributed by atoms with van der Waals surface area (Å²) in [5.41, 5.74) is 7.49. The maximum absolute atomic E-state index is 12.0. The van der Waals surface area contributed by atoms with Crippen molar-refractivity contribution in [3.63, 3.8) is 0 Å². The summed E-state index contributed by atoms with van der Waals surface area (Å²) >= 11 is 0. The number of benzene rings is 4. The lowest BCUT2D eigenvalue weighted by molar-refractivity contribution is -0.329. The number of aromatic nitrogens is 1. The van der Waals surface area contributed by atoms with Crippen molar-refractivity contribution in [1.29, 1.82) is 0 Å². The van der Waals surface area contributed by atoms with Crippen LogP contribution in [0.25, 0.3) is 44.4 Å². The number of hydrogen-bond acceptors (Lipinski definition) is 1. The molecule has 3 heteroatoms. The SMILES string of the molecule is O=Pc1cc2cc(-c3ccccc3)cc(-c3ccccc3)c2[nH+]c1-c1ccccc1. The fourth-order valence-electron chi connectivity index (χ4n) is 3.87. The third-order valence-electron chi connectivity index (χ3n) is 5.32.